The van der Waals surface area contributed by atoms with Gasteiger partial charge in [0.05, 0.1) is 7.11 Å². The fourth-order valence-electron chi connectivity index (χ4n) is 1.66. The first kappa shape index (κ1) is 13.1. The molecule has 0 saturated heterocycles. The monoisotopic (exact) mass is 260 g/mol. The number of para-hydroxylation sites is 1. The van der Waals surface area contributed by atoms with E-state index in [1.807, 2.05) is 30.3 Å². The highest BCUT2D eigenvalue weighted by molar-refractivity contribution is 5.92. The molecule has 0 aliphatic carbocycles. The summed E-state index contributed by atoms with van der Waals surface area (Å²) in [6, 6.07) is 13.5. The summed E-state index contributed by atoms with van der Waals surface area (Å²) < 4.78 is 23.7. The van der Waals surface area contributed by atoms with Gasteiger partial charge in [0.1, 0.15) is 12.2 Å². The van der Waals surface area contributed by atoms with E-state index in [1.54, 1.807) is 0 Å². The lowest BCUT2D eigenvalue weighted by atomic mass is 10.2. The molecule has 2 aromatic rings. The molecule has 4 heteroatoms. The summed E-state index contributed by atoms with van der Waals surface area (Å²) >= 11 is 0. The van der Waals surface area contributed by atoms with E-state index >= 15 is 0 Å². The van der Waals surface area contributed by atoms with Crippen LogP contribution in [0.2, 0.25) is 0 Å². The molecule has 0 saturated carbocycles. The Kier molecular flexibility index (Phi) is 4.13. The van der Waals surface area contributed by atoms with Gasteiger partial charge < -0.3 is 9.47 Å². The molecular formula is C15H13FO3. The quantitative estimate of drug-likeness (QED) is 0.792. The molecule has 0 unspecified atom stereocenters. The molecule has 0 aliphatic rings. The van der Waals surface area contributed by atoms with Crippen LogP contribution in [0.25, 0.3) is 0 Å². The molecule has 0 aromatic heterocycles. The molecule has 3 nitrogen and oxygen atoms in total. The highest BCUT2D eigenvalue weighted by atomic mass is 19.1. The molecule has 0 bridgehead atoms. The number of hydrogen-bond donors (Lipinski definition) is 0. The van der Waals surface area contributed by atoms with Crippen molar-refractivity contribution in [2.45, 2.75) is 6.61 Å². The molecule has 0 atom stereocenters. The summed E-state index contributed by atoms with van der Waals surface area (Å²) in [7, 11) is 1.24. The Morgan fingerprint density at radius 3 is 2.53 bits per heavy atom. The Morgan fingerprint density at radius 1 is 1.11 bits per heavy atom. The van der Waals surface area contributed by atoms with E-state index in [0.29, 0.717) is 0 Å². The second kappa shape index (κ2) is 6.00. The lowest BCUT2D eigenvalue weighted by Crippen LogP contribution is -2.07. The third kappa shape index (κ3) is 3.10. The highest BCUT2D eigenvalue weighted by Gasteiger charge is 2.16. The van der Waals surface area contributed by atoms with Crippen LogP contribution in [0.4, 0.5) is 4.39 Å². The Hall–Kier alpha value is -2.36. The normalized spacial score (nSPS) is 10.0. The van der Waals surface area contributed by atoms with Gasteiger partial charge in [0.25, 0.3) is 0 Å². The molecule has 0 fully saturated rings. The van der Waals surface area contributed by atoms with Gasteiger partial charge in [0.2, 0.25) is 0 Å². The molecule has 19 heavy (non-hydrogen) atoms. The number of halogens is 1. The first-order valence-corrected chi connectivity index (χ1v) is 5.76. The van der Waals surface area contributed by atoms with Crippen molar-refractivity contribution in [3.05, 3.63) is 65.5 Å². The topological polar surface area (TPSA) is 35.5 Å². The number of methoxy groups -OCH3 is 1. The minimum absolute atomic E-state index is 0.0819. The maximum Gasteiger partial charge on any atom is 0.341 e. The van der Waals surface area contributed by atoms with E-state index in [1.165, 1.54) is 25.3 Å². The lowest BCUT2D eigenvalue weighted by molar-refractivity contribution is 0.0594. The van der Waals surface area contributed by atoms with Gasteiger partial charge in [-0.05, 0) is 17.7 Å². The number of rotatable bonds is 4. The van der Waals surface area contributed by atoms with Crippen molar-refractivity contribution in [2.75, 3.05) is 7.11 Å². The second-order valence-electron chi connectivity index (χ2n) is 3.88. The van der Waals surface area contributed by atoms with E-state index in [-0.39, 0.29) is 17.9 Å². The van der Waals surface area contributed by atoms with Crippen LogP contribution in [0, 0.1) is 5.82 Å². The van der Waals surface area contributed by atoms with Crippen LogP contribution in [0.5, 0.6) is 5.75 Å². The molecule has 0 radical (unpaired) electrons. The van der Waals surface area contributed by atoms with Crippen LogP contribution in [-0.4, -0.2) is 13.1 Å². The summed E-state index contributed by atoms with van der Waals surface area (Å²) in [5.41, 5.74) is 0.972. The summed E-state index contributed by atoms with van der Waals surface area (Å²) in [5.74, 6) is -1.29. The minimum atomic E-state index is -0.623. The van der Waals surface area contributed by atoms with Gasteiger partial charge in [-0.1, -0.05) is 36.4 Å². The van der Waals surface area contributed by atoms with Crippen LogP contribution in [0.3, 0.4) is 0 Å². The fraction of sp³-hybridized carbons (Fsp3) is 0.133. The van der Waals surface area contributed by atoms with Gasteiger partial charge in [0.15, 0.2) is 11.6 Å². The van der Waals surface area contributed by atoms with E-state index < -0.39 is 11.8 Å². The standard InChI is InChI=1S/C15H13FO3/c1-18-15(17)12-8-5-9-13(16)14(12)19-10-11-6-3-2-4-7-11/h2-9H,10H2,1H3. The van der Waals surface area contributed by atoms with Crippen molar-refractivity contribution in [1.82, 2.24) is 0 Å². The molecule has 0 aliphatic heterocycles. The van der Waals surface area contributed by atoms with Gasteiger partial charge in [0, 0.05) is 0 Å². The number of carbonyl (C=O) groups excluding carboxylic acids is 1. The fourth-order valence-corrected chi connectivity index (χ4v) is 1.66. The number of hydrogen-bond acceptors (Lipinski definition) is 3. The van der Waals surface area contributed by atoms with Crippen molar-refractivity contribution in [1.29, 1.82) is 0 Å². The summed E-state index contributed by atoms with van der Waals surface area (Å²) in [4.78, 5) is 11.5. The number of esters is 1. The third-order valence-electron chi connectivity index (χ3n) is 2.60. The highest BCUT2D eigenvalue weighted by Crippen LogP contribution is 2.24. The van der Waals surface area contributed by atoms with Crippen molar-refractivity contribution in [3.63, 3.8) is 0 Å². The molecule has 0 spiro atoms. The molecule has 2 rings (SSSR count). The van der Waals surface area contributed by atoms with E-state index in [2.05, 4.69) is 4.74 Å². The van der Waals surface area contributed by atoms with Crippen LogP contribution in [0.1, 0.15) is 15.9 Å². The summed E-state index contributed by atoms with van der Waals surface area (Å²) in [5, 5.41) is 0. The van der Waals surface area contributed by atoms with Gasteiger partial charge in [-0.3, -0.25) is 0 Å². The lowest BCUT2D eigenvalue weighted by Gasteiger charge is -2.11. The van der Waals surface area contributed by atoms with Crippen LogP contribution in [0.15, 0.2) is 48.5 Å². The number of carbonyl (C=O) groups is 1. The second-order valence-corrected chi connectivity index (χ2v) is 3.88. The third-order valence-corrected chi connectivity index (χ3v) is 2.60. The zero-order valence-corrected chi connectivity index (χ0v) is 10.4. The van der Waals surface area contributed by atoms with Gasteiger partial charge in [-0.25, -0.2) is 9.18 Å². The molecule has 0 heterocycles. The molecule has 0 amide bonds. The summed E-state index contributed by atoms with van der Waals surface area (Å²) in [6.45, 7) is 0.186. The van der Waals surface area contributed by atoms with E-state index in [4.69, 9.17) is 4.74 Å². The Balaban J connectivity index is 2.22. The van der Waals surface area contributed by atoms with E-state index in [0.717, 1.165) is 5.56 Å². The molecular weight excluding hydrogens is 247 g/mol. The minimum Gasteiger partial charge on any atom is -0.485 e. The van der Waals surface area contributed by atoms with Crippen molar-refractivity contribution < 1.29 is 18.7 Å². The molecule has 98 valence electrons. The predicted molar refractivity (Wildman–Crippen MR) is 68.5 cm³/mol. The largest absolute Gasteiger partial charge is 0.485 e. The first-order valence-electron chi connectivity index (χ1n) is 5.76. The Bertz CT molecular complexity index is 567. The van der Waals surface area contributed by atoms with Crippen molar-refractivity contribution >= 4 is 5.97 Å². The first-order chi connectivity index (χ1) is 9.22. The predicted octanol–water partition coefficient (Wildman–Crippen LogP) is 3.19. The van der Waals surface area contributed by atoms with Crippen LogP contribution >= 0.6 is 0 Å². The van der Waals surface area contributed by atoms with Crippen LogP contribution < -0.4 is 4.74 Å². The maximum absolute atomic E-state index is 13.7. The zero-order valence-electron chi connectivity index (χ0n) is 10.4. The van der Waals surface area contributed by atoms with E-state index in [9.17, 15) is 9.18 Å². The molecule has 0 N–H and O–H groups in total. The Labute approximate surface area is 110 Å². The summed E-state index contributed by atoms with van der Waals surface area (Å²) in [6.07, 6.45) is 0. The maximum atomic E-state index is 13.7. The Morgan fingerprint density at radius 2 is 1.84 bits per heavy atom. The number of ether oxygens (including phenoxy) is 2. The average Bonchev–Trinajstić information content (AvgIpc) is 2.46. The average molecular weight is 260 g/mol. The number of benzene rings is 2. The van der Waals surface area contributed by atoms with Gasteiger partial charge in [-0.2, -0.15) is 0 Å². The SMILES string of the molecule is COC(=O)c1cccc(F)c1OCc1ccccc1. The smallest absolute Gasteiger partial charge is 0.341 e. The van der Waals surface area contributed by atoms with Crippen LogP contribution in [-0.2, 0) is 11.3 Å². The molecule has 2 aromatic carbocycles. The van der Waals surface area contributed by atoms with Gasteiger partial charge in [-0.15, -0.1) is 0 Å². The van der Waals surface area contributed by atoms with Gasteiger partial charge >= 0.3 is 5.97 Å². The van der Waals surface area contributed by atoms with Crippen molar-refractivity contribution in [2.24, 2.45) is 0 Å². The van der Waals surface area contributed by atoms with Crippen molar-refractivity contribution in [3.8, 4) is 5.75 Å². The zero-order chi connectivity index (χ0) is 13.7.